The average molecular weight is 220 g/mol. The van der Waals surface area contributed by atoms with E-state index in [2.05, 4.69) is 25.1 Å². The van der Waals surface area contributed by atoms with E-state index >= 15 is 0 Å². The van der Waals surface area contributed by atoms with Crippen LogP contribution in [0.25, 0.3) is 0 Å². The van der Waals surface area contributed by atoms with E-state index in [1.807, 2.05) is 19.9 Å². The van der Waals surface area contributed by atoms with Gasteiger partial charge in [0, 0.05) is 13.5 Å². The van der Waals surface area contributed by atoms with Crippen LogP contribution in [0.2, 0.25) is 0 Å². The Morgan fingerprint density at radius 3 is 2.69 bits per heavy atom. The van der Waals surface area contributed by atoms with Crippen molar-refractivity contribution in [3.05, 3.63) is 35.4 Å². The number of hydrogen-bond acceptors (Lipinski definition) is 2. The molecule has 0 aromatic heterocycles. The molecule has 0 fully saturated rings. The van der Waals surface area contributed by atoms with Crippen molar-refractivity contribution in [3.8, 4) is 0 Å². The molecule has 1 aromatic rings. The Bertz CT molecular complexity index is 356. The summed E-state index contributed by atoms with van der Waals surface area (Å²) in [6, 6.07) is 8.26. The summed E-state index contributed by atoms with van der Waals surface area (Å²) < 4.78 is 5.45. The third kappa shape index (κ3) is 2.92. The van der Waals surface area contributed by atoms with Gasteiger partial charge in [-0.3, -0.25) is 0 Å². The smallest absolute Gasteiger partial charge is 0.120 e. The molecule has 0 bridgehead atoms. The highest BCUT2D eigenvalue weighted by Crippen LogP contribution is 2.27. The molecule has 2 heteroatoms. The molecular formula is C14H20O2. The molecule has 2 nitrogen and oxygen atoms in total. The minimum atomic E-state index is -0.281. The summed E-state index contributed by atoms with van der Waals surface area (Å²) in [4.78, 5) is 10.5. The molecule has 0 saturated carbocycles. The van der Waals surface area contributed by atoms with Crippen LogP contribution < -0.4 is 0 Å². The number of methoxy groups -OCH3 is 1. The summed E-state index contributed by atoms with van der Waals surface area (Å²) >= 11 is 0. The van der Waals surface area contributed by atoms with E-state index in [9.17, 15) is 4.79 Å². The fourth-order valence-corrected chi connectivity index (χ4v) is 1.62. The summed E-state index contributed by atoms with van der Waals surface area (Å²) in [6.45, 7) is 6.14. The summed E-state index contributed by atoms with van der Waals surface area (Å²) in [6.07, 6.45) is 1.54. The van der Waals surface area contributed by atoms with Gasteiger partial charge < -0.3 is 9.53 Å². The Morgan fingerprint density at radius 2 is 2.12 bits per heavy atom. The molecule has 0 spiro atoms. The van der Waals surface area contributed by atoms with Gasteiger partial charge in [0.15, 0.2) is 0 Å². The summed E-state index contributed by atoms with van der Waals surface area (Å²) in [7, 11) is 1.71. The van der Waals surface area contributed by atoms with Crippen molar-refractivity contribution < 1.29 is 9.53 Å². The van der Waals surface area contributed by atoms with Crippen LogP contribution in [0, 0.1) is 0 Å². The predicted molar refractivity (Wildman–Crippen MR) is 65.6 cm³/mol. The van der Waals surface area contributed by atoms with Crippen LogP contribution in [0.15, 0.2) is 24.3 Å². The topological polar surface area (TPSA) is 26.3 Å². The first-order valence-corrected chi connectivity index (χ1v) is 5.60. The highest BCUT2D eigenvalue weighted by molar-refractivity contribution is 5.51. The zero-order valence-electron chi connectivity index (χ0n) is 10.5. The molecule has 0 aliphatic rings. The van der Waals surface area contributed by atoms with Gasteiger partial charge in [-0.25, -0.2) is 0 Å². The molecule has 0 saturated heterocycles. The van der Waals surface area contributed by atoms with Crippen molar-refractivity contribution >= 4 is 6.29 Å². The van der Waals surface area contributed by atoms with Crippen LogP contribution in [-0.4, -0.2) is 13.4 Å². The zero-order chi connectivity index (χ0) is 12.2. The Hall–Kier alpha value is -1.15. The number of carbonyl (C=O) groups is 1. The maximum Gasteiger partial charge on any atom is 0.120 e. The standard InChI is InChI=1S/C14H20O2/c1-11(8-9-15)12-6-5-7-13(10-12)14(2,3)16-4/h5-7,9-11H,8H2,1-4H3. The Labute approximate surface area is 97.6 Å². The van der Waals surface area contributed by atoms with Crippen LogP contribution in [0.5, 0.6) is 0 Å². The second kappa shape index (κ2) is 5.26. The Kier molecular flexibility index (Phi) is 4.25. The van der Waals surface area contributed by atoms with Gasteiger partial charge >= 0.3 is 0 Å². The lowest BCUT2D eigenvalue weighted by Gasteiger charge is -2.24. The van der Waals surface area contributed by atoms with Crippen LogP contribution in [-0.2, 0) is 15.1 Å². The third-order valence-corrected chi connectivity index (χ3v) is 3.11. The lowest BCUT2D eigenvalue weighted by Crippen LogP contribution is -2.19. The van der Waals surface area contributed by atoms with Crippen molar-refractivity contribution in [2.75, 3.05) is 7.11 Å². The number of aldehydes is 1. The summed E-state index contributed by atoms with van der Waals surface area (Å²) in [5.74, 6) is 0.269. The molecule has 0 radical (unpaired) electrons. The molecule has 0 heterocycles. The third-order valence-electron chi connectivity index (χ3n) is 3.11. The van der Waals surface area contributed by atoms with Crippen molar-refractivity contribution in [1.82, 2.24) is 0 Å². The van der Waals surface area contributed by atoms with E-state index in [0.717, 1.165) is 11.8 Å². The molecule has 1 aromatic carbocycles. The van der Waals surface area contributed by atoms with E-state index in [1.54, 1.807) is 7.11 Å². The average Bonchev–Trinajstić information content (AvgIpc) is 2.29. The highest BCUT2D eigenvalue weighted by Gasteiger charge is 2.20. The number of hydrogen-bond donors (Lipinski definition) is 0. The SMILES string of the molecule is COC(C)(C)c1cccc(C(C)CC=O)c1. The normalized spacial score (nSPS) is 13.5. The largest absolute Gasteiger partial charge is 0.374 e. The number of benzene rings is 1. The van der Waals surface area contributed by atoms with E-state index in [0.29, 0.717) is 6.42 Å². The molecular weight excluding hydrogens is 200 g/mol. The van der Waals surface area contributed by atoms with Gasteiger partial charge in [0.05, 0.1) is 5.60 Å². The van der Waals surface area contributed by atoms with E-state index in [-0.39, 0.29) is 11.5 Å². The number of ether oxygens (including phenoxy) is 1. The quantitative estimate of drug-likeness (QED) is 0.712. The van der Waals surface area contributed by atoms with Gasteiger partial charge in [0.25, 0.3) is 0 Å². The highest BCUT2D eigenvalue weighted by atomic mass is 16.5. The van der Waals surface area contributed by atoms with Crippen molar-refractivity contribution in [3.63, 3.8) is 0 Å². The maximum absolute atomic E-state index is 10.5. The molecule has 0 N–H and O–H groups in total. The first kappa shape index (κ1) is 12.9. The first-order chi connectivity index (χ1) is 7.51. The lowest BCUT2D eigenvalue weighted by atomic mass is 9.91. The fraction of sp³-hybridized carbons (Fsp3) is 0.500. The molecule has 1 rings (SSSR count). The summed E-state index contributed by atoms with van der Waals surface area (Å²) in [5.41, 5.74) is 2.05. The van der Waals surface area contributed by atoms with Gasteiger partial charge in [-0.2, -0.15) is 0 Å². The molecule has 1 unspecified atom stereocenters. The maximum atomic E-state index is 10.5. The number of rotatable bonds is 5. The Balaban J connectivity index is 2.99. The minimum absolute atomic E-state index is 0.269. The molecule has 16 heavy (non-hydrogen) atoms. The van der Waals surface area contributed by atoms with E-state index in [1.165, 1.54) is 5.56 Å². The van der Waals surface area contributed by atoms with Gasteiger partial charge in [0.1, 0.15) is 6.29 Å². The second-order valence-corrected chi connectivity index (χ2v) is 4.64. The minimum Gasteiger partial charge on any atom is -0.374 e. The molecule has 0 aliphatic heterocycles. The van der Waals surface area contributed by atoms with Gasteiger partial charge in [-0.1, -0.05) is 31.2 Å². The van der Waals surface area contributed by atoms with Gasteiger partial charge in [0.2, 0.25) is 0 Å². The van der Waals surface area contributed by atoms with Gasteiger partial charge in [-0.15, -0.1) is 0 Å². The first-order valence-electron chi connectivity index (χ1n) is 5.60. The monoisotopic (exact) mass is 220 g/mol. The summed E-state index contributed by atoms with van der Waals surface area (Å²) in [5, 5.41) is 0. The van der Waals surface area contributed by atoms with Crippen molar-refractivity contribution in [2.45, 2.75) is 38.7 Å². The molecule has 0 aliphatic carbocycles. The Morgan fingerprint density at radius 1 is 1.44 bits per heavy atom. The van der Waals surface area contributed by atoms with Gasteiger partial charge in [-0.05, 0) is 30.9 Å². The van der Waals surface area contributed by atoms with Crippen LogP contribution >= 0.6 is 0 Å². The molecule has 0 amide bonds. The second-order valence-electron chi connectivity index (χ2n) is 4.64. The molecule has 88 valence electrons. The van der Waals surface area contributed by atoms with Crippen molar-refractivity contribution in [2.24, 2.45) is 0 Å². The van der Waals surface area contributed by atoms with Crippen LogP contribution in [0.3, 0.4) is 0 Å². The fourth-order valence-electron chi connectivity index (χ4n) is 1.62. The number of carbonyl (C=O) groups excluding carboxylic acids is 1. The van der Waals surface area contributed by atoms with Crippen LogP contribution in [0.1, 0.15) is 44.2 Å². The molecule has 1 atom stereocenters. The predicted octanol–water partition coefficient (Wildman–Crippen LogP) is 3.26. The lowest BCUT2D eigenvalue weighted by molar-refractivity contribution is -0.108. The van der Waals surface area contributed by atoms with E-state index in [4.69, 9.17) is 4.74 Å². The van der Waals surface area contributed by atoms with Crippen LogP contribution in [0.4, 0.5) is 0 Å². The zero-order valence-corrected chi connectivity index (χ0v) is 10.5. The van der Waals surface area contributed by atoms with E-state index < -0.39 is 0 Å². The van der Waals surface area contributed by atoms with Crippen molar-refractivity contribution in [1.29, 1.82) is 0 Å².